The molecule has 5 nitrogen and oxygen atoms in total. The molecular weight excluding hydrogens is 445 g/mol. The largest absolute Gasteiger partial charge is 0.347 e. The third-order valence-electron chi connectivity index (χ3n) is 5.19. The summed E-state index contributed by atoms with van der Waals surface area (Å²) in [6, 6.07) is 11.6. The van der Waals surface area contributed by atoms with Crippen molar-refractivity contribution in [3.05, 3.63) is 80.5 Å². The first-order valence-electron chi connectivity index (χ1n) is 9.80. The van der Waals surface area contributed by atoms with Gasteiger partial charge in [0.15, 0.2) is 5.78 Å². The summed E-state index contributed by atoms with van der Waals surface area (Å²) in [5, 5.41) is 12.2. The molecule has 0 spiro atoms. The fourth-order valence-electron chi connectivity index (χ4n) is 3.24. The van der Waals surface area contributed by atoms with Crippen LogP contribution in [0.15, 0.2) is 58.0 Å². The number of nitrogens with zero attached hydrogens (tertiary/aromatic N) is 2. The second kappa shape index (κ2) is 9.07. The van der Waals surface area contributed by atoms with Crippen molar-refractivity contribution in [2.24, 2.45) is 0 Å². The highest BCUT2D eigenvalue weighted by atomic mass is 32.2. The van der Waals surface area contributed by atoms with Gasteiger partial charge in [0.2, 0.25) is 0 Å². The molecule has 4 rings (SSSR count). The van der Waals surface area contributed by atoms with Crippen LogP contribution < -0.4 is 5.32 Å². The number of hydrogen-bond acceptors (Lipinski definition) is 6. The third kappa shape index (κ3) is 4.49. The Morgan fingerprint density at radius 2 is 2.06 bits per heavy atom. The van der Waals surface area contributed by atoms with Crippen molar-refractivity contribution < 1.29 is 14.0 Å². The second-order valence-electron chi connectivity index (χ2n) is 7.33. The summed E-state index contributed by atoms with van der Waals surface area (Å²) < 4.78 is 14.2. The number of carbonyl (C=O) groups is 2. The quantitative estimate of drug-likeness (QED) is 0.571. The Hall–Kier alpha value is -3.28. The van der Waals surface area contributed by atoms with Crippen molar-refractivity contribution in [3.8, 4) is 16.6 Å². The number of rotatable bonds is 4. The molecule has 0 saturated heterocycles. The molecule has 0 atom stereocenters. The highest BCUT2D eigenvalue weighted by molar-refractivity contribution is 8.03. The van der Waals surface area contributed by atoms with Gasteiger partial charge < -0.3 is 5.32 Å². The van der Waals surface area contributed by atoms with Crippen molar-refractivity contribution in [1.29, 1.82) is 5.26 Å². The third-order valence-corrected chi connectivity index (χ3v) is 7.45. The Morgan fingerprint density at radius 1 is 1.25 bits per heavy atom. The van der Waals surface area contributed by atoms with Crippen LogP contribution in [0.3, 0.4) is 0 Å². The molecule has 0 aliphatic carbocycles. The van der Waals surface area contributed by atoms with E-state index in [1.807, 2.05) is 26.0 Å². The van der Waals surface area contributed by atoms with E-state index in [4.69, 9.17) is 5.26 Å². The molecule has 3 aromatic rings. The molecule has 0 unspecified atom stereocenters. The molecular formula is C24H18FN3O2S2. The Labute approximate surface area is 193 Å². The number of nitrogens with one attached hydrogen (secondary N) is 1. The summed E-state index contributed by atoms with van der Waals surface area (Å²) in [5.41, 5.74) is 2.66. The normalized spacial score (nSPS) is 13.4. The molecule has 2 aromatic carbocycles. The minimum absolute atomic E-state index is 0.0681. The number of ketones is 1. The lowest BCUT2D eigenvalue weighted by Crippen LogP contribution is -2.22. The van der Waals surface area contributed by atoms with E-state index in [-0.39, 0.29) is 30.2 Å². The maximum Gasteiger partial charge on any atom is 0.251 e. The monoisotopic (exact) mass is 463 g/mol. The molecule has 1 amide bonds. The fraction of sp³-hybridized carbons (Fsp3) is 0.167. The van der Waals surface area contributed by atoms with E-state index in [2.05, 4.69) is 10.3 Å². The van der Waals surface area contributed by atoms with Gasteiger partial charge in [-0.25, -0.2) is 9.37 Å². The molecule has 0 fully saturated rings. The molecule has 0 saturated carbocycles. The average Bonchev–Trinajstić information content (AvgIpc) is 3.22. The van der Waals surface area contributed by atoms with Crippen LogP contribution in [0.25, 0.3) is 10.6 Å². The molecule has 1 N–H and O–H groups in total. The number of carbonyl (C=O) groups excluding carboxylic acids is 2. The molecule has 2 heterocycles. The standard InChI is InChI=1S/C24H18FN3O2S2/c1-13-14(2)31-22-6-4-16(8-17(22)9-21(13)29)23(30)27-11-18-12-28-24(32-18)19-5-3-15(10-26)7-20(19)25/h3-8,12H,9,11H2,1-2H3,(H,27,30). The Balaban J connectivity index is 1.45. The van der Waals surface area contributed by atoms with E-state index in [9.17, 15) is 14.0 Å². The van der Waals surface area contributed by atoms with Gasteiger partial charge in [-0.15, -0.1) is 11.3 Å². The fourth-order valence-corrected chi connectivity index (χ4v) is 5.12. The van der Waals surface area contributed by atoms with Gasteiger partial charge in [-0.3, -0.25) is 9.59 Å². The lowest BCUT2D eigenvalue weighted by Gasteiger charge is -2.09. The maximum absolute atomic E-state index is 14.2. The van der Waals surface area contributed by atoms with Gasteiger partial charge in [0.1, 0.15) is 10.8 Å². The topological polar surface area (TPSA) is 82.8 Å². The first-order chi connectivity index (χ1) is 15.4. The number of hydrogen-bond donors (Lipinski definition) is 1. The van der Waals surface area contributed by atoms with E-state index in [1.165, 1.54) is 23.5 Å². The molecule has 1 aliphatic heterocycles. The van der Waals surface area contributed by atoms with Gasteiger partial charge in [0.05, 0.1) is 18.2 Å². The van der Waals surface area contributed by atoms with Crippen LogP contribution in [-0.2, 0) is 17.8 Å². The summed E-state index contributed by atoms with van der Waals surface area (Å²) in [6.07, 6.45) is 1.88. The molecule has 8 heteroatoms. The zero-order chi connectivity index (χ0) is 22.8. The number of nitriles is 1. The van der Waals surface area contributed by atoms with Gasteiger partial charge in [-0.1, -0.05) is 11.8 Å². The average molecular weight is 464 g/mol. The highest BCUT2D eigenvalue weighted by Crippen LogP contribution is 2.35. The number of allylic oxidation sites excluding steroid dienone is 2. The van der Waals surface area contributed by atoms with Gasteiger partial charge in [-0.05, 0) is 60.7 Å². The van der Waals surface area contributed by atoms with Gasteiger partial charge in [0.25, 0.3) is 5.91 Å². The van der Waals surface area contributed by atoms with E-state index in [0.717, 1.165) is 25.8 Å². The van der Waals surface area contributed by atoms with Crippen LogP contribution in [0.2, 0.25) is 0 Å². The molecule has 1 aromatic heterocycles. The van der Waals surface area contributed by atoms with Crippen LogP contribution in [0.4, 0.5) is 4.39 Å². The molecule has 160 valence electrons. The molecule has 0 radical (unpaired) electrons. The number of amides is 1. The minimum Gasteiger partial charge on any atom is -0.347 e. The number of benzene rings is 2. The summed E-state index contributed by atoms with van der Waals surface area (Å²) in [7, 11) is 0. The van der Waals surface area contributed by atoms with Crippen molar-refractivity contribution in [2.45, 2.75) is 31.7 Å². The molecule has 0 bridgehead atoms. The second-order valence-corrected chi connectivity index (χ2v) is 9.70. The SMILES string of the molecule is CC1=C(C)C(=O)Cc2cc(C(=O)NCc3cnc(-c4ccc(C#N)cc4F)s3)ccc2S1. The Kier molecular flexibility index (Phi) is 6.21. The van der Waals surface area contributed by atoms with Gasteiger partial charge in [0, 0.05) is 39.1 Å². The van der Waals surface area contributed by atoms with Gasteiger partial charge >= 0.3 is 0 Å². The summed E-state index contributed by atoms with van der Waals surface area (Å²) in [4.78, 5) is 32.0. The number of fused-ring (bicyclic) bond motifs is 1. The Bertz CT molecular complexity index is 1320. The molecule has 32 heavy (non-hydrogen) atoms. The van der Waals surface area contributed by atoms with E-state index >= 15 is 0 Å². The van der Waals surface area contributed by atoms with Crippen molar-refractivity contribution >= 4 is 34.8 Å². The van der Waals surface area contributed by atoms with Crippen LogP contribution in [0.5, 0.6) is 0 Å². The molecule has 1 aliphatic rings. The number of thioether (sulfide) groups is 1. The summed E-state index contributed by atoms with van der Waals surface area (Å²) >= 11 is 2.83. The van der Waals surface area contributed by atoms with Crippen LogP contribution in [0.1, 0.15) is 40.2 Å². The number of halogens is 1. The van der Waals surface area contributed by atoms with Crippen LogP contribution in [0, 0.1) is 17.1 Å². The van der Waals surface area contributed by atoms with E-state index < -0.39 is 5.82 Å². The number of aromatic nitrogens is 1. The number of Topliss-reactive ketones (excluding diaryl/α,β-unsaturated/α-hetero) is 1. The smallest absolute Gasteiger partial charge is 0.251 e. The van der Waals surface area contributed by atoms with Crippen LogP contribution >= 0.6 is 23.1 Å². The first kappa shape index (κ1) is 21.9. The Morgan fingerprint density at radius 3 is 2.81 bits per heavy atom. The predicted molar refractivity (Wildman–Crippen MR) is 123 cm³/mol. The van der Waals surface area contributed by atoms with E-state index in [1.54, 1.807) is 36.2 Å². The lowest BCUT2D eigenvalue weighted by atomic mass is 10.0. The summed E-state index contributed by atoms with van der Waals surface area (Å²) in [6.45, 7) is 4.01. The first-order valence-corrected chi connectivity index (χ1v) is 11.4. The predicted octanol–water partition coefficient (Wildman–Crippen LogP) is 5.26. The summed E-state index contributed by atoms with van der Waals surface area (Å²) in [5.74, 6) is -0.694. The minimum atomic E-state index is -0.508. The van der Waals surface area contributed by atoms with Crippen LogP contribution in [-0.4, -0.2) is 16.7 Å². The highest BCUT2D eigenvalue weighted by Gasteiger charge is 2.20. The maximum atomic E-state index is 14.2. The lowest BCUT2D eigenvalue weighted by molar-refractivity contribution is -0.114. The van der Waals surface area contributed by atoms with Gasteiger partial charge in [-0.2, -0.15) is 5.26 Å². The zero-order valence-electron chi connectivity index (χ0n) is 17.4. The zero-order valence-corrected chi connectivity index (χ0v) is 19.0. The van der Waals surface area contributed by atoms with Crippen molar-refractivity contribution in [3.63, 3.8) is 0 Å². The van der Waals surface area contributed by atoms with Crippen molar-refractivity contribution in [1.82, 2.24) is 10.3 Å². The number of thiazole rings is 1. The van der Waals surface area contributed by atoms with E-state index in [0.29, 0.717) is 16.1 Å². The van der Waals surface area contributed by atoms with Crippen molar-refractivity contribution in [2.75, 3.05) is 0 Å².